The molecule has 2 aromatic rings. The summed E-state index contributed by atoms with van der Waals surface area (Å²) in [6.45, 7) is 1.48. The van der Waals surface area contributed by atoms with E-state index in [0.29, 0.717) is 43.7 Å². The summed E-state index contributed by atoms with van der Waals surface area (Å²) in [7, 11) is 3.33. The van der Waals surface area contributed by atoms with Gasteiger partial charge in [-0.05, 0) is 31.0 Å². The Morgan fingerprint density at radius 3 is 2.40 bits per heavy atom. The van der Waals surface area contributed by atoms with Crippen molar-refractivity contribution in [3.8, 4) is 6.07 Å². The Hall–Kier alpha value is -3.68. The van der Waals surface area contributed by atoms with Crippen LogP contribution < -0.4 is 4.90 Å². The van der Waals surface area contributed by atoms with E-state index in [0.717, 1.165) is 6.07 Å². The number of carbonyl (C=O) groups excluding carboxylic acids is 2. The third kappa shape index (κ3) is 4.65. The fourth-order valence-corrected chi connectivity index (χ4v) is 5.13. The van der Waals surface area contributed by atoms with Gasteiger partial charge in [0.25, 0.3) is 5.91 Å². The van der Waals surface area contributed by atoms with Crippen molar-refractivity contribution in [2.75, 3.05) is 45.2 Å². The van der Waals surface area contributed by atoms with Crippen LogP contribution in [0.3, 0.4) is 0 Å². The SMILES string of the molecule is CN(C)C(=O)C1CN(c2ccc(C#N)c(C(F)(F)F)c2)CC12CCN(C(=O)c1cncnc1)CC2. The third-order valence-corrected chi connectivity index (χ3v) is 7.03. The molecule has 3 heterocycles. The largest absolute Gasteiger partial charge is 0.417 e. The summed E-state index contributed by atoms with van der Waals surface area (Å²) in [4.78, 5) is 38.8. The zero-order valence-corrected chi connectivity index (χ0v) is 19.4. The summed E-state index contributed by atoms with van der Waals surface area (Å²) in [5, 5.41) is 9.11. The van der Waals surface area contributed by atoms with Gasteiger partial charge in [0.1, 0.15) is 6.33 Å². The number of piperidine rings is 1. The number of alkyl halides is 3. The van der Waals surface area contributed by atoms with Crippen molar-refractivity contribution in [1.82, 2.24) is 19.8 Å². The molecule has 1 spiro atoms. The summed E-state index contributed by atoms with van der Waals surface area (Å²) in [6.07, 6.45) is 0.673. The molecule has 0 N–H and O–H groups in total. The Bertz CT molecular complexity index is 1150. The standard InChI is InChI=1S/C24H25F3N6O2/c1-31(2)22(35)20-13-33(18-4-3-16(10-28)19(9-18)24(25,26)27)14-23(20)5-7-32(8-6-23)21(34)17-11-29-15-30-12-17/h3-4,9,11-12,15,20H,5-8,13-14H2,1-2H3. The van der Waals surface area contributed by atoms with E-state index < -0.39 is 28.6 Å². The van der Waals surface area contributed by atoms with E-state index in [-0.39, 0.29) is 18.4 Å². The monoisotopic (exact) mass is 486 g/mol. The van der Waals surface area contributed by atoms with Gasteiger partial charge in [-0.15, -0.1) is 0 Å². The average Bonchev–Trinajstić information content (AvgIpc) is 3.21. The first-order chi connectivity index (χ1) is 16.6. The molecule has 184 valence electrons. The topological polar surface area (TPSA) is 93.4 Å². The number of nitriles is 1. The Morgan fingerprint density at radius 1 is 1.17 bits per heavy atom. The minimum Gasteiger partial charge on any atom is -0.370 e. The lowest BCUT2D eigenvalue weighted by atomic mass is 9.70. The molecule has 1 unspecified atom stereocenters. The van der Waals surface area contributed by atoms with E-state index in [1.54, 1.807) is 30.0 Å². The Kier molecular flexibility index (Phi) is 6.40. The lowest BCUT2D eigenvalue weighted by Gasteiger charge is -2.42. The number of amides is 2. The number of hydrogen-bond acceptors (Lipinski definition) is 6. The highest BCUT2D eigenvalue weighted by atomic mass is 19.4. The predicted molar refractivity (Wildman–Crippen MR) is 120 cm³/mol. The number of aromatic nitrogens is 2. The molecule has 35 heavy (non-hydrogen) atoms. The number of nitrogens with zero attached hydrogens (tertiary/aromatic N) is 6. The minimum absolute atomic E-state index is 0.0894. The summed E-state index contributed by atoms with van der Waals surface area (Å²) in [5.74, 6) is -0.707. The fourth-order valence-electron chi connectivity index (χ4n) is 5.13. The van der Waals surface area contributed by atoms with Crippen LogP contribution in [0.4, 0.5) is 18.9 Å². The average molecular weight is 486 g/mol. The van der Waals surface area contributed by atoms with Crippen molar-refractivity contribution in [3.63, 3.8) is 0 Å². The van der Waals surface area contributed by atoms with E-state index in [4.69, 9.17) is 5.26 Å². The lowest BCUT2D eigenvalue weighted by molar-refractivity contribution is -0.138. The van der Waals surface area contributed by atoms with Crippen molar-refractivity contribution >= 4 is 17.5 Å². The van der Waals surface area contributed by atoms with Crippen LogP contribution in [0.15, 0.2) is 36.9 Å². The molecule has 8 nitrogen and oxygen atoms in total. The molecule has 0 radical (unpaired) electrons. The van der Waals surface area contributed by atoms with E-state index in [1.807, 2.05) is 0 Å². The number of hydrogen-bond donors (Lipinski definition) is 0. The molecule has 11 heteroatoms. The molecule has 1 atom stereocenters. The number of likely N-dealkylation sites (tertiary alicyclic amines) is 1. The molecule has 2 fully saturated rings. The quantitative estimate of drug-likeness (QED) is 0.663. The number of anilines is 1. The molecule has 2 aliphatic heterocycles. The van der Waals surface area contributed by atoms with Gasteiger partial charge in [-0.1, -0.05) is 0 Å². The highest BCUT2D eigenvalue weighted by molar-refractivity contribution is 5.93. The van der Waals surface area contributed by atoms with Crippen LogP contribution in [0.2, 0.25) is 0 Å². The van der Waals surface area contributed by atoms with E-state index >= 15 is 0 Å². The maximum Gasteiger partial charge on any atom is 0.417 e. The molecular weight excluding hydrogens is 461 g/mol. The summed E-state index contributed by atoms with van der Waals surface area (Å²) >= 11 is 0. The van der Waals surface area contributed by atoms with Gasteiger partial charge < -0.3 is 14.7 Å². The van der Waals surface area contributed by atoms with Crippen LogP contribution >= 0.6 is 0 Å². The summed E-state index contributed by atoms with van der Waals surface area (Å²) < 4.78 is 40.6. The summed E-state index contributed by atoms with van der Waals surface area (Å²) in [5.41, 5.74) is -1.20. The third-order valence-electron chi connectivity index (χ3n) is 7.03. The van der Waals surface area contributed by atoms with Crippen LogP contribution in [0, 0.1) is 22.7 Å². The van der Waals surface area contributed by atoms with Crippen LogP contribution in [0.1, 0.15) is 34.3 Å². The van der Waals surface area contributed by atoms with Gasteiger partial charge in [0.2, 0.25) is 5.91 Å². The van der Waals surface area contributed by atoms with Gasteiger partial charge in [0.15, 0.2) is 0 Å². The normalized spacial score (nSPS) is 19.5. The highest BCUT2D eigenvalue weighted by Gasteiger charge is 2.52. The highest BCUT2D eigenvalue weighted by Crippen LogP contribution is 2.47. The van der Waals surface area contributed by atoms with Gasteiger partial charge in [-0.3, -0.25) is 9.59 Å². The van der Waals surface area contributed by atoms with Gasteiger partial charge in [-0.2, -0.15) is 18.4 Å². The van der Waals surface area contributed by atoms with E-state index in [1.165, 1.54) is 35.8 Å². The van der Waals surface area contributed by atoms with Crippen LogP contribution in [0.25, 0.3) is 0 Å². The number of benzene rings is 1. The van der Waals surface area contributed by atoms with Crippen LogP contribution in [-0.4, -0.2) is 71.9 Å². The van der Waals surface area contributed by atoms with Crippen molar-refractivity contribution in [1.29, 1.82) is 5.26 Å². The minimum atomic E-state index is -4.66. The maximum absolute atomic E-state index is 13.5. The zero-order chi connectivity index (χ0) is 25.4. The fraction of sp³-hybridized carbons (Fsp3) is 0.458. The Balaban J connectivity index is 1.60. The number of halogens is 3. The lowest BCUT2D eigenvalue weighted by Crippen LogP contribution is -2.49. The van der Waals surface area contributed by atoms with Gasteiger partial charge in [-0.25, -0.2) is 9.97 Å². The molecule has 2 saturated heterocycles. The molecule has 0 saturated carbocycles. The van der Waals surface area contributed by atoms with Crippen molar-refractivity contribution < 1.29 is 22.8 Å². The predicted octanol–water partition coefficient (Wildman–Crippen LogP) is 2.81. The first kappa shape index (κ1) is 24.4. The number of rotatable bonds is 3. The van der Waals surface area contributed by atoms with Crippen molar-refractivity contribution in [2.45, 2.75) is 19.0 Å². The molecule has 1 aromatic carbocycles. The second-order valence-electron chi connectivity index (χ2n) is 9.29. The first-order valence-corrected chi connectivity index (χ1v) is 11.2. The zero-order valence-electron chi connectivity index (χ0n) is 19.4. The molecular formula is C24H25F3N6O2. The molecule has 0 aliphatic carbocycles. The molecule has 2 aliphatic rings. The second kappa shape index (κ2) is 9.17. The molecule has 4 rings (SSSR count). The van der Waals surface area contributed by atoms with Crippen molar-refractivity contribution in [3.05, 3.63) is 53.6 Å². The van der Waals surface area contributed by atoms with E-state index in [9.17, 15) is 22.8 Å². The van der Waals surface area contributed by atoms with Gasteiger partial charge >= 0.3 is 6.18 Å². The Morgan fingerprint density at radius 2 is 1.83 bits per heavy atom. The van der Waals surface area contributed by atoms with Gasteiger partial charge in [0, 0.05) is 63.8 Å². The van der Waals surface area contributed by atoms with Gasteiger partial charge in [0.05, 0.1) is 28.7 Å². The maximum atomic E-state index is 13.5. The molecule has 0 bridgehead atoms. The second-order valence-corrected chi connectivity index (χ2v) is 9.29. The van der Waals surface area contributed by atoms with Crippen molar-refractivity contribution in [2.24, 2.45) is 11.3 Å². The molecule has 2 amide bonds. The molecule has 1 aromatic heterocycles. The smallest absolute Gasteiger partial charge is 0.370 e. The number of carbonyl (C=O) groups is 2. The first-order valence-electron chi connectivity index (χ1n) is 11.2. The van der Waals surface area contributed by atoms with Crippen LogP contribution in [-0.2, 0) is 11.0 Å². The van der Waals surface area contributed by atoms with Crippen LogP contribution in [0.5, 0.6) is 0 Å². The van der Waals surface area contributed by atoms with E-state index in [2.05, 4.69) is 9.97 Å². The summed E-state index contributed by atoms with van der Waals surface area (Å²) in [6, 6.07) is 5.26. The Labute approximate surface area is 201 Å².